The van der Waals surface area contributed by atoms with E-state index < -0.39 is 12.2 Å². The molecule has 3 nitrogen and oxygen atoms in total. The topological polar surface area (TPSA) is 35.3 Å². The molecule has 0 atom stereocenters. The molecule has 0 aliphatic carbocycles. The molecule has 0 aliphatic heterocycles. The van der Waals surface area contributed by atoms with Gasteiger partial charge < -0.3 is 9.26 Å². The molecule has 0 saturated heterocycles. The fourth-order valence-corrected chi connectivity index (χ4v) is 0.650. The normalized spacial score (nSPS) is 11.7. The van der Waals surface area contributed by atoms with Crippen molar-refractivity contribution < 1.29 is 22.4 Å². The summed E-state index contributed by atoms with van der Waals surface area (Å²) in [5.74, 6) is -0.567. The lowest BCUT2D eigenvalue weighted by molar-refractivity contribution is -0.276. The number of aromatic nitrogens is 1. The molecule has 0 bridgehead atoms. The highest BCUT2D eigenvalue weighted by molar-refractivity contribution is 6.16. The van der Waals surface area contributed by atoms with E-state index in [2.05, 4.69) is 14.4 Å². The minimum atomic E-state index is -4.75. The van der Waals surface area contributed by atoms with Gasteiger partial charge in [0.15, 0.2) is 5.76 Å². The van der Waals surface area contributed by atoms with Crippen molar-refractivity contribution in [3.05, 3.63) is 11.8 Å². The standard InChI is InChI=1S/C5H3ClF3NO2/c6-2-3-1-4(10-12-3)11-5(7,8)9/h1H,2H2. The van der Waals surface area contributed by atoms with Gasteiger partial charge >= 0.3 is 6.36 Å². The quantitative estimate of drug-likeness (QED) is 0.689. The van der Waals surface area contributed by atoms with Crippen molar-refractivity contribution in [2.24, 2.45) is 0 Å². The summed E-state index contributed by atoms with van der Waals surface area (Å²) in [7, 11) is 0. The van der Waals surface area contributed by atoms with Crippen LogP contribution in [0, 0.1) is 0 Å². The van der Waals surface area contributed by atoms with Gasteiger partial charge in [0, 0.05) is 6.07 Å². The molecule has 1 aromatic heterocycles. The maximum Gasteiger partial charge on any atom is 0.574 e. The Morgan fingerprint density at radius 2 is 2.25 bits per heavy atom. The molecular formula is C5H3ClF3NO2. The second kappa shape index (κ2) is 3.22. The van der Waals surface area contributed by atoms with Crippen molar-refractivity contribution >= 4 is 11.6 Å². The Labute approximate surface area is 70.0 Å². The third-order valence-corrected chi connectivity index (χ3v) is 1.15. The first-order valence-electron chi connectivity index (χ1n) is 2.78. The molecule has 0 fully saturated rings. The number of rotatable bonds is 2. The monoisotopic (exact) mass is 201 g/mol. The molecule has 0 aliphatic rings. The molecule has 0 radical (unpaired) electrons. The van der Waals surface area contributed by atoms with E-state index in [-0.39, 0.29) is 11.6 Å². The first kappa shape index (κ1) is 9.18. The van der Waals surface area contributed by atoms with Crippen LogP contribution in [0.4, 0.5) is 13.2 Å². The molecular weight excluding hydrogens is 199 g/mol. The van der Waals surface area contributed by atoms with Gasteiger partial charge in [-0.25, -0.2) is 0 Å². The van der Waals surface area contributed by atoms with Gasteiger partial charge in [-0.05, 0) is 5.16 Å². The molecule has 0 spiro atoms. The van der Waals surface area contributed by atoms with E-state index in [0.29, 0.717) is 0 Å². The SMILES string of the molecule is FC(F)(F)Oc1cc(CCl)on1. The third-order valence-electron chi connectivity index (χ3n) is 0.889. The Kier molecular flexibility index (Phi) is 2.46. The highest BCUT2D eigenvalue weighted by Crippen LogP contribution is 2.22. The number of halogens is 4. The van der Waals surface area contributed by atoms with Crippen LogP contribution in [0.25, 0.3) is 0 Å². The van der Waals surface area contributed by atoms with Crippen LogP contribution in [0.3, 0.4) is 0 Å². The lowest BCUT2D eigenvalue weighted by Gasteiger charge is -2.02. The lowest BCUT2D eigenvalue weighted by atomic mass is 10.5. The van der Waals surface area contributed by atoms with Crippen LogP contribution >= 0.6 is 11.6 Å². The van der Waals surface area contributed by atoms with Crippen LogP contribution in [-0.4, -0.2) is 11.5 Å². The van der Waals surface area contributed by atoms with Crippen molar-refractivity contribution in [1.82, 2.24) is 5.16 Å². The van der Waals surface area contributed by atoms with Crippen molar-refractivity contribution in [3.63, 3.8) is 0 Å². The number of nitrogens with zero attached hydrogens (tertiary/aromatic N) is 1. The first-order chi connectivity index (χ1) is 5.51. The zero-order valence-corrected chi connectivity index (χ0v) is 6.32. The summed E-state index contributed by atoms with van der Waals surface area (Å²) in [4.78, 5) is 0. The molecule has 0 saturated carbocycles. The number of alkyl halides is 4. The summed E-state index contributed by atoms with van der Waals surface area (Å²) in [5, 5.41) is 2.97. The van der Waals surface area contributed by atoms with Gasteiger partial charge in [-0.2, -0.15) is 0 Å². The van der Waals surface area contributed by atoms with Gasteiger partial charge in [-0.1, -0.05) is 0 Å². The fourth-order valence-electron chi connectivity index (χ4n) is 0.524. The Balaban J connectivity index is 2.64. The van der Waals surface area contributed by atoms with Gasteiger partial charge in [0.05, 0.1) is 5.88 Å². The summed E-state index contributed by atoms with van der Waals surface area (Å²) < 4.78 is 42.3. The fraction of sp³-hybridized carbons (Fsp3) is 0.400. The predicted octanol–water partition coefficient (Wildman–Crippen LogP) is 2.31. The molecule has 0 aromatic carbocycles. The van der Waals surface area contributed by atoms with Gasteiger partial charge in [-0.15, -0.1) is 24.8 Å². The average Bonchev–Trinajstić information content (AvgIpc) is 2.32. The van der Waals surface area contributed by atoms with Crippen molar-refractivity contribution in [2.45, 2.75) is 12.2 Å². The Morgan fingerprint density at radius 3 is 2.67 bits per heavy atom. The van der Waals surface area contributed by atoms with Crippen LogP contribution < -0.4 is 4.74 Å². The smallest absolute Gasteiger partial charge is 0.384 e. The number of ether oxygens (including phenoxy) is 1. The van der Waals surface area contributed by atoms with E-state index in [4.69, 9.17) is 11.6 Å². The minimum Gasteiger partial charge on any atom is -0.384 e. The molecule has 1 rings (SSSR count). The van der Waals surface area contributed by atoms with E-state index in [1.54, 1.807) is 0 Å². The van der Waals surface area contributed by atoms with Crippen LogP contribution in [0.1, 0.15) is 5.76 Å². The highest BCUT2D eigenvalue weighted by atomic mass is 35.5. The van der Waals surface area contributed by atoms with Crippen molar-refractivity contribution in [2.75, 3.05) is 0 Å². The van der Waals surface area contributed by atoms with Crippen molar-refractivity contribution in [3.8, 4) is 5.88 Å². The van der Waals surface area contributed by atoms with Gasteiger partial charge in [-0.3, -0.25) is 0 Å². The zero-order valence-electron chi connectivity index (χ0n) is 5.56. The molecule has 0 unspecified atom stereocenters. The highest BCUT2D eigenvalue weighted by Gasteiger charge is 2.32. The summed E-state index contributed by atoms with van der Waals surface area (Å²) >= 11 is 5.24. The molecule has 0 amide bonds. The summed E-state index contributed by atoms with van der Waals surface area (Å²) in [5.41, 5.74) is 0. The van der Waals surface area contributed by atoms with E-state index in [1.807, 2.05) is 0 Å². The van der Waals surface area contributed by atoms with E-state index in [0.717, 1.165) is 6.07 Å². The number of hydrogen-bond acceptors (Lipinski definition) is 3. The largest absolute Gasteiger partial charge is 0.574 e. The van der Waals surface area contributed by atoms with Gasteiger partial charge in [0.25, 0.3) is 5.88 Å². The Hall–Kier alpha value is -0.910. The van der Waals surface area contributed by atoms with Crippen molar-refractivity contribution in [1.29, 1.82) is 0 Å². The van der Waals surface area contributed by atoms with Crippen LogP contribution in [-0.2, 0) is 5.88 Å². The van der Waals surface area contributed by atoms with Crippen LogP contribution in [0.2, 0.25) is 0 Å². The van der Waals surface area contributed by atoms with Gasteiger partial charge in [0.2, 0.25) is 0 Å². The molecule has 1 aromatic rings. The van der Waals surface area contributed by atoms with E-state index in [9.17, 15) is 13.2 Å². The van der Waals surface area contributed by atoms with Gasteiger partial charge in [0.1, 0.15) is 0 Å². The molecule has 0 N–H and O–H groups in total. The zero-order chi connectivity index (χ0) is 9.19. The summed E-state index contributed by atoms with van der Waals surface area (Å²) in [6.45, 7) is 0. The minimum absolute atomic E-state index is 0.0474. The first-order valence-corrected chi connectivity index (χ1v) is 3.32. The second-order valence-electron chi connectivity index (χ2n) is 1.81. The average molecular weight is 202 g/mol. The molecule has 7 heteroatoms. The van der Waals surface area contributed by atoms with E-state index >= 15 is 0 Å². The third kappa shape index (κ3) is 2.61. The van der Waals surface area contributed by atoms with Crippen LogP contribution in [0.5, 0.6) is 5.88 Å². The molecule has 68 valence electrons. The summed E-state index contributed by atoms with van der Waals surface area (Å²) in [6, 6.07) is 0.973. The lowest BCUT2D eigenvalue weighted by Crippen LogP contribution is -2.17. The van der Waals surface area contributed by atoms with Crippen LogP contribution in [0.15, 0.2) is 10.6 Å². The summed E-state index contributed by atoms with van der Waals surface area (Å²) in [6.07, 6.45) is -4.75. The Morgan fingerprint density at radius 1 is 1.58 bits per heavy atom. The maximum atomic E-state index is 11.5. The van der Waals surface area contributed by atoms with E-state index in [1.165, 1.54) is 0 Å². The molecule has 12 heavy (non-hydrogen) atoms. The number of hydrogen-bond donors (Lipinski definition) is 0. The Bertz CT molecular complexity index is 259. The maximum absolute atomic E-state index is 11.5. The predicted molar refractivity (Wildman–Crippen MR) is 32.7 cm³/mol. The molecule has 1 heterocycles. The second-order valence-corrected chi connectivity index (χ2v) is 2.08.